The number of benzene rings is 1. The number of rotatable bonds is 4. The number of thioether (sulfide) groups is 1. The largest absolute Gasteiger partial charge is 0.398 e. The van der Waals surface area contributed by atoms with Gasteiger partial charge < -0.3 is 11.1 Å². The van der Waals surface area contributed by atoms with Crippen LogP contribution in [-0.2, 0) is 4.79 Å². The van der Waals surface area contributed by atoms with Crippen LogP contribution < -0.4 is 11.1 Å². The molecule has 0 aliphatic rings. The van der Waals surface area contributed by atoms with Crippen LogP contribution in [-0.4, -0.2) is 11.7 Å². The zero-order valence-corrected chi connectivity index (χ0v) is 11.9. The molecule has 1 heterocycles. The lowest BCUT2D eigenvalue weighted by molar-refractivity contribution is -0.113. The van der Waals surface area contributed by atoms with Crippen molar-refractivity contribution in [3.8, 4) is 6.07 Å². The van der Waals surface area contributed by atoms with Gasteiger partial charge in [-0.1, -0.05) is 0 Å². The van der Waals surface area contributed by atoms with Gasteiger partial charge in [0.25, 0.3) is 0 Å². The number of halogens is 1. The van der Waals surface area contributed by atoms with Gasteiger partial charge in [-0.2, -0.15) is 5.26 Å². The second-order valence-electron chi connectivity index (χ2n) is 3.79. The van der Waals surface area contributed by atoms with Crippen LogP contribution in [0.1, 0.15) is 5.56 Å². The molecule has 0 aliphatic carbocycles. The SMILES string of the molecule is N#Cc1ccsc1NC(=O)CSc1ccc(F)cc1N. The molecule has 7 heteroatoms. The van der Waals surface area contributed by atoms with E-state index in [9.17, 15) is 9.18 Å². The van der Waals surface area contributed by atoms with E-state index in [0.29, 0.717) is 21.1 Å². The number of hydrogen-bond acceptors (Lipinski definition) is 5. The number of nitrogens with one attached hydrogen (secondary N) is 1. The summed E-state index contributed by atoms with van der Waals surface area (Å²) in [5.74, 6) is -0.510. The number of carbonyl (C=O) groups excluding carboxylic acids is 1. The Morgan fingerprint density at radius 1 is 1.50 bits per heavy atom. The Labute approximate surface area is 123 Å². The Hall–Kier alpha value is -2.04. The number of nitrogen functional groups attached to an aromatic ring is 1. The standard InChI is InChI=1S/C13H10FN3OS2/c14-9-1-2-11(10(16)5-9)20-7-12(18)17-13-8(6-15)3-4-19-13/h1-5H,7,16H2,(H,17,18). The summed E-state index contributed by atoms with van der Waals surface area (Å²) < 4.78 is 12.9. The van der Waals surface area contributed by atoms with Gasteiger partial charge in [-0.25, -0.2) is 4.39 Å². The third-order valence-electron chi connectivity index (χ3n) is 2.37. The highest BCUT2D eigenvalue weighted by molar-refractivity contribution is 8.00. The maximum Gasteiger partial charge on any atom is 0.235 e. The molecular weight excluding hydrogens is 297 g/mol. The first-order valence-corrected chi connectivity index (χ1v) is 7.42. The maximum absolute atomic E-state index is 12.9. The van der Waals surface area contributed by atoms with Gasteiger partial charge >= 0.3 is 0 Å². The van der Waals surface area contributed by atoms with Crippen molar-refractivity contribution in [2.24, 2.45) is 0 Å². The van der Waals surface area contributed by atoms with Gasteiger partial charge in [-0.15, -0.1) is 23.1 Å². The molecule has 102 valence electrons. The molecule has 1 amide bonds. The topological polar surface area (TPSA) is 78.9 Å². The fourth-order valence-electron chi connectivity index (χ4n) is 1.45. The molecule has 2 aromatic rings. The first-order valence-electron chi connectivity index (χ1n) is 5.55. The van der Waals surface area contributed by atoms with Crippen molar-refractivity contribution >= 4 is 39.7 Å². The molecule has 0 saturated carbocycles. The molecule has 4 nitrogen and oxygen atoms in total. The second-order valence-corrected chi connectivity index (χ2v) is 5.73. The highest BCUT2D eigenvalue weighted by Gasteiger charge is 2.10. The van der Waals surface area contributed by atoms with Crippen LogP contribution >= 0.6 is 23.1 Å². The van der Waals surface area contributed by atoms with E-state index < -0.39 is 5.82 Å². The summed E-state index contributed by atoms with van der Waals surface area (Å²) >= 11 is 2.51. The summed E-state index contributed by atoms with van der Waals surface area (Å²) in [5, 5.41) is 13.8. The number of hydrogen-bond donors (Lipinski definition) is 2. The van der Waals surface area contributed by atoms with E-state index in [1.54, 1.807) is 11.4 Å². The molecule has 3 N–H and O–H groups in total. The minimum atomic E-state index is -0.409. The average molecular weight is 307 g/mol. The highest BCUT2D eigenvalue weighted by Crippen LogP contribution is 2.26. The molecule has 1 aromatic carbocycles. The Morgan fingerprint density at radius 3 is 3.00 bits per heavy atom. The molecule has 0 spiro atoms. The van der Waals surface area contributed by atoms with Gasteiger partial charge in [0.2, 0.25) is 5.91 Å². The van der Waals surface area contributed by atoms with Crippen LogP contribution in [0.15, 0.2) is 34.5 Å². The average Bonchev–Trinajstić information content (AvgIpc) is 2.85. The van der Waals surface area contributed by atoms with Crippen LogP contribution in [0.5, 0.6) is 0 Å². The summed E-state index contributed by atoms with van der Waals surface area (Å²) in [4.78, 5) is 12.4. The van der Waals surface area contributed by atoms with Crippen LogP contribution in [0.2, 0.25) is 0 Å². The monoisotopic (exact) mass is 307 g/mol. The van der Waals surface area contributed by atoms with Crippen molar-refractivity contribution in [2.75, 3.05) is 16.8 Å². The molecule has 0 atom stereocenters. The number of nitrogens with zero attached hydrogens (tertiary/aromatic N) is 1. The van der Waals surface area contributed by atoms with Crippen molar-refractivity contribution in [1.82, 2.24) is 0 Å². The minimum Gasteiger partial charge on any atom is -0.398 e. The molecule has 1 aromatic heterocycles. The van der Waals surface area contributed by atoms with Crippen LogP contribution in [0.3, 0.4) is 0 Å². The first-order chi connectivity index (χ1) is 9.60. The fraction of sp³-hybridized carbons (Fsp3) is 0.0769. The minimum absolute atomic E-state index is 0.138. The zero-order chi connectivity index (χ0) is 14.5. The van der Waals surface area contributed by atoms with E-state index in [2.05, 4.69) is 5.32 Å². The van der Waals surface area contributed by atoms with E-state index in [4.69, 9.17) is 11.0 Å². The van der Waals surface area contributed by atoms with Crippen molar-refractivity contribution < 1.29 is 9.18 Å². The highest BCUT2D eigenvalue weighted by atomic mass is 32.2. The molecule has 0 aliphatic heterocycles. The Morgan fingerprint density at radius 2 is 2.30 bits per heavy atom. The van der Waals surface area contributed by atoms with Gasteiger partial charge in [-0.05, 0) is 29.6 Å². The number of anilines is 2. The second kappa shape index (κ2) is 6.41. The predicted molar refractivity (Wildman–Crippen MR) is 79.2 cm³/mol. The van der Waals surface area contributed by atoms with E-state index in [0.717, 1.165) is 0 Å². The van der Waals surface area contributed by atoms with Gasteiger partial charge in [0.05, 0.1) is 11.3 Å². The normalized spacial score (nSPS) is 10.0. The van der Waals surface area contributed by atoms with Gasteiger partial charge in [0.1, 0.15) is 16.9 Å². The Balaban J connectivity index is 1.94. The summed E-state index contributed by atoms with van der Waals surface area (Å²) in [6.45, 7) is 0. The van der Waals surface area contributed by atoms with Gasteiger partial charge in [-0.3, -0.25) is 4.79 Å². The van der Waals surface area contributed by atoms with Crippen molar-refractivity contribution in [2.45, 2.75) is 4.90 Å². The molecule has 20 heavy (non-hydrogen) atoms. The van der Waals surface area contributed by atoms with Gasteiger partial charge in [0.15, 0.2) is 0 Å². The number of nitrogens with two attached hydrogens (primary N) is 1. The number of carbonyl (C=O) groups is 1. The van der Waals surface area contributed by atoms with E-state index >= 15 is 0 Å². The van der Waals surface area contributed by atoms with E-state index in [1.807, 2.05) is 6.07 Å². The number of amides is 1. The van der Waals surface area contributed by atoms with Crippen molar-refractivity contribution in [1.29, 1.82) is 5.26 Å². The molecule has 0 radical (unpaired) electrons. The third-order valence-corrected chi connectivity index (χ3v) is 4.29. The van der Waals surface area contributed by atoms with E-state index in [1.165, 1.54) is 41.3 Å². The first kappa shape index (κ1) is 14.4. The quantitative estimate of drug-likeness (QED) is 0.672. The number of thiophene rings is 1. The zero-order valence-electron chi connectivity index (χ0n) is 10.2. The van der Waals surface area contributed by atoms with Crippen molar-refractivity contribution in [3.05, 3.63) is 41.0 Å². The maximum atomic E-state index is 12.9. The molecular formula is C13H10FN3OS2. The smallest absolute Gasteiger partial charge is 0.235 e. The molecule has 0 saturated heterocycles. The Bertz CT molecular complexity index is 678. The third kappa shape index (κ3) is 3.50. The summed E-state index contributed by atoms with van der Waals surface area (Å²) in [5.41, 5.74) is 6.40. The fourth-order valence-corrected chi connectivity index (χ4v) is 2.95. The van der Waals surface area contributed by atoms with Crippen molar-refractivity contribution in [3.63, 3.8) is 0 Å². The number of nitriles is 1. The van der Waals surface area contributed by atoms with Crippen LogP contribution in [0.4, 0.5) is 15.1 Å². The summed E-state index contributed by atoms with van der Waals surface area (Å²) in [7, 11) is 0. The lowest BCUT2D eigenvalue weighted by atomic mass is 10.3. The summed E-state index contributed by atoms with van der Waals surface area (Å²) in [6, 6.07) is 7.69. The molecule has 0 bridgehead atoms. The van der Waals surface area contributed by atoms with Gasteiger partial charge in [0, 0.05) is 10.6 Å². The predicted octanol–water partition coefficient (Wildman–Crippen LogP) is 3.07. The molecule has 0 unspecified atom stereocenters. The summed E-state index contributed by atoms with van der Waals surface area (Å²) in [6.07, 6.45) is 0. The lowest BCUT2D eigenvalue weighted by Gasteiger charge is -2.06. The molecule has 2 rings (SSSR count). The Kier molecular flexibility index (Phi) is 4.61. The van der Waals surface area contributed by atoms with Crippen LogP contribution in [0.25, 0.3) is 0 Å². The lowest BCUT2D eigenvalue weighted by Crippen LogP contribution is -2.13. The molecule has 0 fully saturated rings. The van der Waals surface area contributed by atoms with E-state index in [-0.39, 0.29) is 11.7 Å². The van der Waals surface area contributed by atoms with Crippen LogP contribution in [0, 0.1) is 17.1 Å².